The van der Waals surface area contributed by atoms with Crippen LogP contribution in [0.15, 0.2) is 54.0 Å². The predicted molar refractivity (Wildman–Crippen MR) is 127 cm³/mol. The largest absolute Gasteiger partial charge is 0.494 e. The first-order chi connectivity index (χ1) is 16.0. The number of carbonyl (C=O) groups excluding carboxylic acids is 2. The van der Waals surface area contributed by atoms with Gasteiger partial charge in [-0.25, -0.2) is 4.98 Å². The lowest BCUT2D eigenvalue weighted by Crippen LogP contribution is -2.45. The Hall–Kier alpha value is -3.23. The zero-order valence-corrected chi connectivity index (χ0v) is 19.5. The maximum Gasteiger partial charge on any atom is 0.254 e. The number of aliphatic hydroxyl groups excluding tert-OH is 1. The van der Waals surface area contributed by atoms with E-state index in [0.717, 1.165) is 21.7 Å². The molecular formula is C25H27N3O4S. The number of rotatable bonds is 7. The van der Waals surface area contributed by atoms with Crippen molar-refractivity contribution in [1.29, 1.82) is 0 Å². The Morgan fingerprint density at radius 3 is 2.73 bits per heavy atom. The molecule has 0 saturated carbocycles. The summed E-state index contributed by atoms with van der Waals surface area (Å²) in [5.41, 5.74) is 5.30. The molecule has 4 rings (SSSR count). The standard InChI is InChI=1S/C25H27N3O4S/c1-3-32-21-6-4-5-19(11-21)25(31)28-14-20(29)12-22(28)24(30)26-13-17-7-9-18(10-8-17)23-16(2)27-15-33-23/h4-11,15,20,22,29H,3,12-14H2,1-2H3,(H,26,30). The van der Waals surface area contributed by atoms with Crippen molar-refractivity contribution in [3.8, 4) is 16.2 Å². The highest BCUT2D eigenvalue weighted by molar-refractivity contribution is 7.13. The number of aliphatic hydroxyl groups is 1. The highest BCUT2D eigenvalue weighted by Gasteiger charge is 2.39. The predicted octanol–water partition coefficient (Wildman–Crippen LogP) is 3.41. The van der Waals surface area contributed by atoms with Crippen LogP contribution in [0.2, 0.25) is 0 Å². The summed E-state index contributed by atoms with van der Waals surface area (Å²) in [6, 6.07) is 14.1. The molecule has 1 aliphatic rings. The van der Waals surface area contributed by atoms with Gasteiger partial charge in [0, 0.05) is 25.1 Å². The molecule has 2 atom stereocenters. The van der Waals surface area contributed by atoms with E-state index in [1.165, 1.54) is 4.90 Å². The molecule has 2 heterocycles. The lowest BCUT2D eigenvalue weighted by Gasteiger charge is -2.24. The number of aromatic nitrogens is 1. The average molecular weight is 466 g/mol. The first-order valence-corrected chi connectivity index (χ1v) is 11.8. The number of β-amino-alcohol motifs (C(OH)–C–C–N with tert-alkyl or cyclic N) is 1. The van der Waals surface area contributed by atoms with Crippen LogP contribution in [-0.2, 0) is 11.3 Å². The van der Waals surface area contributed by atoms with Gasteiger partial charge in [-0.2, -0.15) is 0 Å². The van der Waals surface area contributed by atoms with E-state index in [-0.39, 0.29) is 24.8 Å². The van der Waals surface area contributed by atoms with Gasteiger partial charge in [-0.1, -0.05) is 30.3 Å². The molecule has 0 spiro atoms. The van der Waals surface area contributed by atoms with Crippen LogP contribution in [0.4, 0.5) is 0 Å². The zero-order valence-electron chi connectivity index (χ0n) is 18.7. The maximum atomic E-state index is 13.1. The number of amides is 2. The molecule has 2 aromatic carbocycles. The van der Waals surface area contributed by atoms with Crippen LogP contribution in [0.25, 0.3) is 10.4 Å². The quantitative estimate of drug-likeness (QED) is 0.558. The second kappa shape index (κ2) is 10.1. The minimum atomic E-state index is -0.735. The van der Waals surface area contributed by atoms with Crippen LogP contribution in [0.3, 0.4) is 0 Å². The van der Waals surface area contributed by atoms with Crippen LogP contribution >= 0.6 is 11.3 Å². The van der Waals surface area contributed by atoms with Crippen molar-refractivity contribution in [2.24, 2.45) is 0 Å². The van der Waals surface area contributed by atoms with E-state index in [1.807, 2.05) is 43.6 Å². The van der Waals surface area contributed by atoms with E-state index in [4.69, 9.17) is 4.74 Å². The SMILES string of the molecule is CCOc1cccc(C(=O)N2CC(O)CC2C(=O)NCc2ccc(-c3scnc3C)cc2)c1. The third-order valence-corrected chi connectivity index (χ3v) is 6.64. The Bertz CT molecular complexity index is 1130. The minimum Gasteiger partial charge on any atom is -0.494 e. The molecule has 2 amide bonds. The van der Waals surface area contributed by atoms with Crippen molar-refractivity contribution in [2.45, 2.75) is 39.0 Å². The van der Waals surface area contributed by atoms with Crippen molar-refractivity contribution in [1.82, 2.24) is 15.2 Å². The monoisotopic (exact) mass is 465 g/mol. The van der Waals surface area contributed by atoms with Gasteiger partial charge in [0.1, 0.15) is 11.8 Å². The van der Waals surface area contributed by atoms with Crippen molar-refractivity contribution in [3.63, 3.8) is 0 Å². The minimum absolute atomic E-state index is 0.124. The first kappa shape index (κ1) is 22.9. The summed E-state index contributed by atoms with van der Waals surface area (Å²) in [5.74, 6) is 0.0295. The molecule has 8 heteroatoms. The number of nitrogens with one attached hydrogen (secondary N) is 1. The topological polar surface area (TPSA) is 91.8 Å². The van der Waals surface area contributed by atoms with Crippen LogP contribution in [0, 0.1) is 6.92 Å². The van der Waals surface area contributed by atoms with Crippen molar-refractivity contribution < 1.29 is 19.4 Å². The number of nitrogens with zero attached hydrogens (tertiary/aromatic N) is 2. The van der Waals surface area contributed by atoms with Gasteiger partial charge >= 0.3 is 0 Å². The van der Waals surface area contributed by atoms with E-state index in [0.29, 0.717) is 24.5 Å². The third kappa shape index (κ3) is 5.23. The Labute approximate surface area is 197 Å². The highest BCUT2D eigenvalue weighted by Crippen LogP contribution is 2.27. The molecule has 3 aromatic rings. The van der Waals surface area contributed by atoms with Crippen LogP contribution in [-0.4, -0.2) is 52.1 Å². The number of likely N-dealkylation sites (tertiary alicyclic amines) is 1. The second-order valence-corrected chi connectivity index (χ2v) is 8.86. The lowest BCUT2D eigenvalue weighted by atomic mass is 10.1. The number of hydrogen-bond donors (Lipinski definition) is 2. The summed E-state index contributed by atoms with van der Waals surface area (Å²) in [6.07, 6.45) is -0.520. The molecule has 0 bridgehead atoms. The fourth-order valence-electron chi connectivity index (χ4n) is 4.00. The molecule has 33 heavy (non-hydrogen) atoms. The molecule has 0 radical (unpaired) electrons. The van der Waals surface area contributed by atoms with Crippen molar-refractivity contribution in [2.75, 3.05) is 13.2 Å². The van der Waals surface area contributed by atoms with E-state index in [1.54, 1.807) is 35.6 Å². The summed E-state index contributed by atoms with van der Waals surface area (Å²) < 4.78 is 5.48. The van der Waals surface area contributed by atoms with Crippen LogP contribution < -0.4 is 10.1 Å². The van der Waals surface area contributed by atoms with E-state index >= 15 is 0 Å². The molecule has 1 saturated heterocycles. The van der Waals surface area contributed by atoms with Gasteiger partial charge in [-0.05, 0) is 43.2 Å². The molecule has 0 aliphatic carbocycles. The number of carbonyl (C=O) groups is 2. The van der Waals surface area contributed by atoms with Gasteiger partial charge < -0.3 is 20.1 Å². The molecular weight excluding hydrogens is 438 g/mol. The van der Waals surface area contributed by atoms with Gasteiger partial charge in [0.25, 0.3) is 5.91 Å². The van der Waals surface area contributed by atoms with Gasteiger partial charge in [-0.15, -0.1) is 11.3 Å². The Kier molecular flexibility index (Phi) is 7.05. The number of aryl methyl sites for hydroxylation is 1. The van der Waals surface area contributed by atoms with Gasteiger partial charge in [0.05, 0.1) is 28.8 Å². The fourth-order valence-corrected chi connectivity index (χ4v) is 4.81. The zero-order chi connectivity index (χ0) is 23.4. The van der Waals surface area contributed by atoms with E-state index in [9.17, 15) is 14.7 Å². The average Bonchev–Trinajstić information content (AvgIpc) is 3.43. The summed E-state index contributed by atoms with van der Waals surface area (Å²) in [7, 11) is 0. The molecule has 1 aromatic heterocycles. The number of benzene rings is 2. The molecule has 7 nitrogen and oxygen atoms in total. The summed E-state index contributed by atoms with van der Waals surface area (Å²) in [6.45, 7) is 4.82. The Morgan fingerprint density at radius 2 is 2.03 bits per heavy atom. The molecule has 1 aliphatic heterocycles. The van der Waals surface area contributed by atoms with E-state index in [2.05, 4.69) is 10.3 Å². The smallest absolute Gasteiger partial charge is 0.254 e. The maximum absolute atomic E-state index is 13.1. The number of hydrogen-bond acceptors (Lipinski definition) is 6. The molecule has 172 valence electrons. The Morgan fingerprint density at radius 1 is 1.24 bits per heavy atom. The van der Waals surface area contributed by atoms with E-state index < -0.39 is 12.1 Å². The number of thiazole rings is 1. The lowest BCUT2D eigenvalue weighted by molar-refractivity contribution is -0.125. The van der Waals surface area contributed by atoms with Crippen molar-refractivity contribution in [3.05, 3.63) is 70.9 Å². The summed E-state index contributed by atoms with van der Waals surface area (Å²) in [4.78, 5) is 32.9. The molecule has 1 fully saturated rings. The molecule has 2 unspecified atom stereocenters. The second-order valence-electron chi connectivity index (χ2n) is 8.01. The number of ether oxygens (including phenoxy) is 1. The summed E-state index contributed by atoms with van der Waals surface area (Å²) >= 11 is 1.60. The normalized spacial score (nSPS) is 17.7. The highest BCUT2D eigenvalue weighted by atomic mass is 32.1. The van der Waals surface area contributed by atoms with Crippen LogP contribution in [0.5, 0.6) is 5.75 Å². The first-order valence-electron chi connectivity index (χ1n) is 10.9. The summed E-state index contributed by atoms with van der Waals surface area (Å²) in [5, 5.41) is 13.1. The fraction of sp³-hybridized carbons (Fsp3) is 0.320. The molecule has 2 N–H and O–H groups in total. The van der Waals surface area contributed by atoms with Crippen LogP contribution in [0.1, 0.15) is 35.0 Å². The third-order valence-electron chi connectivity index (χ3n) is 5.66. The Balaban J connectivity index is 1.41. The van der Waals surface area contributed by atoms with Gasteiger partial charge in [-0.3, -0.25) is 9.59 Å². The van der Waals surface area contributed by atoms with Gasteiger partial charge in [0.15, 0.2) is 0 Å². The van der Waals surface area contributed by atoms with Gasteiger partial charge in [0.2, 0.25) is 5.91 Å². The van der Waals surface area contributed by atoms with Crippen molar-refractivity contribution >= 4 is 23.2 Å².